The molecule has 1 unspecified atom stereocenters. The molecule has 0 aromatic carbocycles. The Morgan fingerprint density at radius 3 is 2.58 bits per heavy atom. The minimum atomic E-state index is -1.12. The summed E-state index contributed by atoms with van der Waals surface area (Å²) in [6.07, 6.45) is 0.248. The standard InChI is InChI=1S/C11H15N3O5/c1-3-7(11(18)19)13(2)10(17)6-14-9(16)5-4-8(15)12-14/h4-5,7H,3,6H2,1-2H3,(H,12,15)(H,18,19). The molecule has 0 saturated carbocycles. The summed E-state index contributed by atoms with van der Waals surface area (Å²) in [7, 11) is 1.34. The van der Waals surface area contributed by atoms with Crippen molar-refractivity contribution < 1.29 is 14.7 Å². The van der Waals surface area contributed by atoms with Crippen LogP contribution in [0.2, 0.25) is 0 Å². The average molecular weight is 269 g/mol. The van der Waals surface area contributed by atoms with E-state index in [-0.39, 0.29) is 6.42 Å². The van der Waals surface area contributed by atoms with E-state index >= 15 is 0 Å². The largest absolute Gasteiger partial charge is 0.480 e. The molecule has 1 heterocycles. The van der Waals surface area contributed by atoms with Gasteiger partial charge < -0.3 is 10.0 Å². The van der Waals surface area contributed by atoms with E-state index in [1.165, 1.54) is 7.05 Å². The number of carbonyl (C=O) groups excluding carboxylic acids is 1. The number of aliphatic carboxylic acids is 1. The third-order valence-electron chi connectivity index (χ3n) is 2.71. The van der Waals surface area contributed by atoms with Crippen molar-refractivity contribution in [2.24, 2.45) is 0 Å². The SMILES string of the molecule is CCC(C(=O)O)N(C)C(=O)Cn1[nH]c(=O)ccc1=O. The highest BCUT2D eigenvalue weighted by atomic mass is 16.4. The number of nitrogens with zero attached hydrogens (tertiary/aromatic N) is 2. The number of hydrogen-bond acceptors (Lipinski definition) is 4. The summed E-state index contributed by atoms with van der Waals surface area (Å²) in [5, 5.41) is 11.1. The Bertz CT molecular complexity index is 588. The van der Waals surface area contributed by atoms with Crippen LogP contribution < -0.4 is 11.1 Å². The number of carbonyl (C=O) groups is 2. The van der Waals surface area contributed by atoms with Crippen LogP contribution >= 0.6 is 0 Å². The highest BCUT2D eigenvalue weighted by Crippen LogP contribution is 2.02. The van der Waals surface area contributed by atoms with E-state index in [9.17, 15) is 19.2 Å². The van der Waals surface area contributed by atoms with E-state index in [0.717, 1.165) is 21.7 Å². The van der Waals surface area contributed by atoms with Crippen molar-refractivity contribution in [2.75, 3.05) is 7.05 Å². The highest BCUT2D eigenvalue weighted by molar-refractivity contribution is 5.83. The van der Waals surface area contributed by atoms with Crippen molar-refractivity contribution in [1.82, 2.24) is 14.7 Å². The van der Waals surface area contributed by atoms with Crippen molar-refractivity contribution in [3.05, 3.63) is 32.8 Å². The smallest absolute Gasteiger partial charge is 0.326 e. The molecule has 8 nitrogen and oxygen atoms in total. The fourth-order valence-electron chi connectivity index (χ4n) is 1.61. The van der Waals surface area contributed by atoms with Gasteiger partial charge in [-0.3, -0.25) is 19.5 Å². The number of rotatable bonds is 5. The Labute approximate surface area is 108 Å². The first kappa shape index (κ1) is 14.7. The van der Waals surface area contributed by atoms with Crippen LogP contribution in [-0.4, -0.2) is 44.8 Å². The van der Waals surface area contributed by atoms with Gasteiger partial charge in [-0.05, 0) is 6.42 Å². The molecule has 1 aromatic heterocycles. The second-order valence-corrected chi connectivity index (χ2v) is 4.00. The lowest BCUT2D eigenvalue weighted by Crippen LogP contribution is -2.45. The number of carboxylic acids is 1. The van der Waals surface area contributed by atoms with Gasteiger partial charge in [-0.25, -0.2) is 9.48 Å². The molecule has 0 spiro atoms. The van der Waals surface area contributed by atoms with Crippen LogP contribution in [0.3, 0.4) is 0 Å². The Hall–Kier alpha value is -2.38. The van der Waals surface area contributed by atoms with E-state index in [0.29, 0.717) is 0 Å². The van der Waals surface area contributed by atoms with E-state index in [4.69, 9.17) is 5.11 Å². The predicted octanol–water partition coefficient (Wildman–Crippen LogP) is -1.14. The summed E-state index contributed by atoms with van der Waals surface area (Å²) >= 11 is 0. The molecule has 0 fully saturated rings. The summed E-state index contributed by atoms with van der Waals surface area (Å²) < 4.78 is 0.843. The molecule has 0 bridgehead atoms. The first-order valence-corrected chi connectivity index (χ1v) is 5.65. The van der Waals surface area contributed by atoms with Crippen LogP contribution in [0.25, 0.3) is 0 Å². The number of aromatic amines is 1. The first-order chi connectivity index (χ1) is 8.86. The second kappa shape index (κ2) is 5.98. The zero-order valence-corrected chi connectivity index (χ0v) is 10.6. The van der Waals surface area contributed by atoms with Crippen LogP contribution in [0.5, 0.6) is 0 Å². The Morgan fingerprint density at radius 2 is 2.05 bits per heavy atom. The fraction of sp³-hybridized carbons (Fsp3) is 0.455. The van der Waals surface area contributed by atoms with Crippen molar-refractivity contribution in [3.63, 3.8) is 0 Å². The van der Waals surface area contributed by atoms with E-state index < -0.39 is 35.6 Å². The van der Waals surface area contributed by atoms with Crippen molar-refractivity contribution >= 4 is 11.9 Å². The van der Waals surface area contributed by atoms with Gasteiger partial charge >= 0.3 is 5.97 Å². The molecule has 104 valence electrons. The van der Waals surface area contributed by atoms with Gasteiger partial charge in [0.1, 0.15) is 12.6 Å². The number of likely N-dealkylation sites (N-methyl/N-ethyl adjacent to an activating group) is 1. The van der Waals surface area contributed by atoms with Gasteiger partial charge in [0.05, 0.1) is 0 Å². The average Bonchev–Trinajstić information content (AvgIpc) is 2.34. The van der Waals surface area contributed by atoms with Crippen LogP contribution in [0.15, 0.2) is 21.7 Å². The van der Waals surface area contributed by atoms with E-state index in [1.54, 1.807) is 6.92 Å². The van der Waals surface area contributed by atoms with Crippen LogP contribution in [0, 0.1) is 0 Å². The molecule has 19 heavy (non-hydrogen) atoms. The van der Waals surface area contributed by atoms with Crippen LogP contribution in [0.4, 0.5) is 0 Å². The highest BCUT2D eigenvalue weighted by Gasteiger charge is 2.24. The predicted molar refractivity (Wildman–Crippen MR) is 65.8 cm³/mol. The Kier molecular flexibility index (Phi) is 4.62. The second-order valence-electron chi connectivity index (χ2n) is 4.00. The lowest BCUT2D eigenvalue weighted by molar-refractivity contribution is -0.149. The minimum absolute atomic E-state index is 0.248. The van der Waals surface area contributed by atoms with Crippen LogP contribution in [-0.2, 0) is 16.1 Å². The van der Waals surface area contributed by atoms with E-state index in [1.807, 2.05) is 0 Å². The number of H-pyrrole nitrogens is 1. The quantitative estimate of drug-likeness (QED) is 0.701. The maximum Gasteiger partial charge on any atom is 0.326 e. The van der Waals surface area contributed by atoms with Gasteiger partial charge in [0.15, 0.2) is 0 Å². The van der Waals surface area contributed by atoms with Crippen molar-refractivity contribution in [1.29, 1.82) is 0 Å². The molecule has 1 aromatic rings. The van der Waals surface area contributed by atoms with E-state index in [2.05, 4.69) is 5.10 Å². The molecule has 0 aliphatic heterocycles. The lowest BCUT2D eigenvalue weighted by Gasteiger charge is -2.23. The summed E-state index contributed by atoms with van der Waals surface area (Å²) in [5.41, 5.74) is -1.05. The maximum absolute atomic E-state index is 11.9. The summed E-state index contributed by atoms with van der Waals surface area (Å²) in [5.74, 6) is -1.69. The Morgan fingerprint density at radius 1 is 1.42 bits per heavy atom. The Balaban J connectivity index is 2.90. The van der Waals surface area contributed by atoms with Gasteiger partial charge in [0.25, 0.3) is 11.1 Å². The molecule has 0 saturated heterocycles. The molecule has 1 atom stereocenters. The molecule has 1 amide bonds. The summed E-state index contributed by atoms with van der Waals surface area (Å²) in [6, 6.07) is 1.14. The number of hydrogen-bond donors (Lipinski definition) is 2. The summed E-state index contributed by atoms with van der Waals surface area (Å²) in [6.45, 7) is 1.23. The molecular weight excluding hydrogens is 254 g/mol. The molecule has 8 heteroatoms. The lowest BCUT2D eigenvalue weighted by atomic mass is 10.2. The molecule has 1 rings (SSSR count). The number of nitrogens with one attached hydrogen (secondary N) is 1. The van der Waals surface area contributed by atoms with Gasteiger partial charge in [-0.2, -0.15) is 0 Å². The van der Waals surface area contributed by atoms with Gasteiger partial charge in [-0.15, -0.1) is 0 Å². The monoisotopic (exact) mass is 269 g/mol. The van der Waals surface area contributed by atoms with Gasteiger partial charge in [0.2, 0.25) is 5.91 Å². The van der Waals surface area contributed by atoms with Gasteiger partial charge in [0, 0.05) is 19.2 Å². The molecule has 0 aliphatic rings. The molecule has 0 radical (unpaired) electrons. The van der Waals surface area contributed by atoms with Gasteiger partial charge in [-0.1, -0.05) is 6.92 Å². The third-order valence-corrected chi connectivity index (χ3v) is 2.71. The van der Waals surface area contributed by atoms with Crippen LogP contribution in [0.1, 0.15) is 13.3 Å². The van der Waals surface area contributed by atoms with Crippen molar-refractivity contribution in [2.45, 2.75) is 25.9 Å². The maximum atomic E-state index is 11.9. The number of aromatic nitrogens is 2. The summed E-state index contributed by atoms with van der Waals surface area (Å²) in [4.78, 5) is 46.3. The third kappa shape index (κ3) is 3.54. The first-order valence-electron chi connectivity index (χ1n) is 5.65. The molecule has 2 N–H and O–H groups in total. The zero-order valence-electron chi connectivity index (χ0n) is 10.6. The van der Waals surface area contributed by atoms with Crippen molar-refractivity contribution in [3.8, 4) is 0 Å². The molecular formula is C11H15N3O5. The minimum Gasteiger partial charge on any atom is -0.480 e. The number of carboxylic acid groups (broad SMARTS) is 1. The topological polar surface area (TPSA) is 112 Å². The molecule has 0 aliphatic carbocycles. The number of amides is 1. The normalized spacial score (nSPS) is 11.9. The zero-order chi connectivity index (χ0) is 14.6. The fourth-order valence-corrected chi connectivity index (χ4v) is 1.61.